The van der Waals surface area contributed by atoms with Crippen molar-refractivity contribution in [2.75, 3.05) is 26.4 Å². The third-order valence-electron chi connectivity index (χ3n) is 15.0. The maximum absolute atomic E-state index is 15.6. The molecule has 3 N–H and O–H groups in total. The lowest BCUT2D eigenvalue weighted by Gasteiger charge is -2.60. The lowest BCUT2D eigenvalue weighted by atomic mass is 9.55. The summed E-state index contributed by atoms with van der Waals surface area (Å²) in [4.78, 5) is 48.3. The first-order valence-corrected chi connectivity index (χ1v) is 26.2. The summed E-state index contributed by atoms with van der Waals surface area (Å²) in [6, 6.07) is 34.1. The van der Waals surface area contributed by atoms with Gasteiger partial charge in [-0.25, -0.2) is 4.79 Å². The van der Waals surface area contributed by atoms with E-state index in [9.17, 15) is 25.1 Å². The van der Waals surface area contributed by atoms with Gasteiger partial charge < -0.3 is 44.2 Å². The van der Waals surface area contributed by atoms with E-state index < -0.39 is 41.0 Å². The molecule has 1 saturated carbocycles. The van der Waals surface area contributed by atoms with E-state index in [4.69, 9.17) is 28.9 Å². The number of fused-ring (bicyclic) bond motifs is 3. The smallest absolute Gasteiger partial charge is 0.412 e. The van der Waals surface area contributed by atoms with Gasteiger partial charge in [-0.1, -0.05) is 103 Å². The number of carbonyl (C=O) groups is 2. The van der Waals surface area contributed by atoms with Gasteiger partial charge in [-0.3, -0.25) is 14.9 Å². The molecule has 4 aliphatic rings. The number of nitrogens with zero attached hydrogens (tertiary/aromatic N) is 3. The van der Waals surface area contributed by atoms with E-state index in [1.165, 1.54) is 18.2 Å². The van der Waals surface area contributed by atoms with Crippen molar-refractivity contribution in [1.82, 2.24) is 10.2 Å². The van der Waals surface area contributed by atoms with Crippen LogP contribution >= 0.6 is 0 Å². The second-order valence-corrected chi connectivity index (χ2v) is 19.7. The Balaban J connectivity index is 1.23. The number of nitrogens with one attached hydrogen (secondary N) is 1. The number of nitro benzene ring substituents is 1. The monoisotopic (exact) mass is 1020 g/mol. The highest BCUT2D eigenvalue weighted by molar-refractivity contribution is 6.03. The van der Waals surface area contributed by atoms with Gasteiger partial charge in [-0.15, -0.1) is 6.58 Å². The standard InChI is InChI=1S/C60H66N4O11/c1-2-34-72-60-54(63(40-45-20-14-19-43-17-6-7-21-48(43)45)55(67)31-26-41-24-27-46(28-25-41)64(69)70)38-52(62-75-56-23-10-13-35-71-56)50-36-44(18-8-11-32-65)49(22-9-12-33-66)57(58(50)60)51-37-47(29-30-53(51)74-60)73-59(68)61-39-42-15-4-3-5-16-42/h2-7,14-17,19-21,24-31,36-37,44,49,54,56-58,65-66H,1,8-13,18,22-23,32-35,38-40H2,(H,61,68). The van der Waals surface area contributed by atoms with Crippen LogP contribution in [-0.2, 0) is 32.2 Å². The topological polar surface area (TPSA) is 192 Å². The molecule has 0 spiro atoms. The predicted molar refractivity (Wildman–Crippen MR) is 286 cm³/mol. The van der Waals surface area contributed by atoms with Crippen LogP contribution in [0.25, 0.3) is 16.8 Å². The Labute approximate surface area is 437 Å². The number of carbonyl (C=O) groups excluding carboxylic acids is 2. The number of hydrogen-bond acceptors (Lipinski definition) is 12. The zero-order valence-corrected chi connectivity index (χ0v) is 42.2. The Morgan fingerprint density at radius 3 is 2.45 bits per heavy atom. The highest BCUT2D eigenvalue weighted by Gasteiger charge is 2.65. The third kappa shape index (κ3) is 12.2. The normalized spacial score (nSPS) is 23.3. The summed E-state index contributed by atoms with van der Waals surface area (Å²) in [5.74, 6) is -2.33. The van der Waals surface area contributed by atoms with Crippen LogP contribution in [0.3, 0.4) is 0 Å². The Kier molecular flexibility index (Phi) is 17.5. The van der Waals surface area contributed by atoms with Crippen molar-refractivity contribution in [3.8, 4) is 11.5 Å². The Morgan fingerprint density at radius 1 is 0.920 bits per heavy atom. The molecule has 392 valence electrons. The fraction of sp³-hybridized carbons (Fsp3) is 0.383. The maximum Gasteiger partial charge on any atom is 0.412 e. The summed E-state index contributed by atoms with van der Waals surface area (Å²) in [6.45, 7) is 5.15. The number of allylic oxidation sites excluding steroid dienone is 1. The van der Waals surface area contributed by atoms with Crippen molar-refractivity contribution >= 4 is 40.2 Å². The molecule has 1 saturated heterocycles. The van der Waals surface area contributed by atoms with Gasteiger partial charge >= 0.3 is 6.09 Å². The van der Waals surface area contributed by atoms with Gasteiger partial charge in [0.2, 0.25) is 18.0 Å². The largest absolute Gasteiger partial charge is 0.459 e. The number of aliphatic hydroxyl groups is 2. The molecule has 15 heteroatoms. The Bertz CT molecular complexity index is 2880. The van der Waals surface area contributed by atoms with Crippen molar-refractivity contribution < 1.29 is 48.5 Å². The van der Waals surface area contributed by atoms with E-state index in [0.717, 1.165) is 58.7 Å². The third-order valence-corrected chi connectivity index (χ3v) is 15.0. The number of benzene rings is 5. The first-order valence-electron chi connectivity index (χ1n) is 26.2. The van der Waals surface area contributed by atoms with Crippen molar-refractivity contribution in [3.05, 3.63) is 178 Å². The molecule has 7 unspecified atom stereocenters. The number of non-ortho nitro benzene ring substituents is 1. The SMILES string of the molecule is C=CCOC12Oc3ccc(OC(=O)NCc4ccccc4)cc3C3C(CCCCO)C(CCCCO)C=C(C(=NOC4CCCCO4)CC1N(Cc1cccc4ccccc14)C(=O)C=Cc1ccc([N+](=O)[O-])cc1)C32. The minimum Gasteiger partial charge on any atom is -0.459 e. The van der Waals surface area contributed by atoms with Crippen molar-refractivity contribution in [2.45, 2.75) is 101 Å². The second-order valence-electron chi connectivity index (χ2n) is 19.7. The van der Waals surface area contributed by atoms with Gasteiger partial charge in [-0.05, 0) is 120 Å². The molecule has 0 aromatic heterocycles. The van der Waals surface area contributed by atoms with Gasteiger partial charge in [0.05, 0.1) is 29.8 Å². The number of ether oxygens (including phenoxy) is 4. The molecule has 7 atom stereocenters. The van der Waals surface area contributed by atoms with Crippen LogP contribution in [0.2, 0.25) is 0 Å². The van der Waals surface area contributed by atoms with E-state index in [1.807, 2.05) is 84.9 Å². The van der Waals surface area contributed by atoms with E-state index >= 15 is 4.79 Å². The zero-order valence-electron chi connectivity index (χ0n) is 42.2. The fourth-order valence-corrected chi connectivity index (χ4v) is 11.5. The quantitative estimate of drug-likeness (QED) is 0.0196. The van der Waals surface area contributed by atoms with Gasteiger partial charge in [0.15, 0.2) is 0 Å². The summed E-state index contributed by atoms with van der Waals surface area (Å²) in [5.41, 5.74) is 4.57. The van der Waals surface area contributed by atoms with Crippen LogP contribution in [0.4, 0.5) is 10.5 Å². The summed E-state index contributed by atoms with van der Waals surface area (Å²) >= 11 is 0. The first kappa shape index (κ1) is 52.7. The van der Waals surface area contributed by atoms with Gasteiger partial charge in [0, 0.05) is 68.8 Å². The fourth-order valence-electron chi connectivity index (χ4n) is 11.5. The van der Waals surface area contributed by atoms with Crippen LogP contribution in [0.1, 0.15) is 92.4 Å². The van der Waals surface area contributed by atoms with E-state index in [2.05, 4.69) is 18.0 Å². The van der Waals surface area contributed by atoms with Crippen molar-refractivity contribution in [3.63, 3.8) is 0 Å². The molecule has 2 aliphatic heterocycles. The Hall–Kier alpha value is -7.17. The number of amides is 2. The number of hydrogen-bond donors (Lipinski definition) is 3. The number of aliphatic hydroxyl groups excluding tert-OH is 2. The van der Waals surface area contributed by atoms with Gasteiger partial charge in [0.25, 0.3) is 5.69 Å². The molecule has 0 radical (unpaired) electrons. The minimum absolute atomic E-state index is 0.0251. The van der Waals surface area contributed by atoms with E-state index in [1.54, 1.807) is 35.3 Å². The second kappa shape index (κ2) is 24.9. The van der Waals surface area contributed by atoms with E-state index in [0.29, 0.717) is 61.5 Å². The molecule has 5 aromatic carbocycles. The minimum atomic E-state index is -1.60. The Morgan fingerprint density at radius 2 is 1.69 bits per heavy atom. The molecular weight excluding hydrogens is 953 g/mol. The van der Waals surface area contributed by atoms with Crippen LogP contribution in [-0.4, -0.2) is 82.3 Å². The number of nitro groups is 1. The first-order chi connectivity index (χ1) is 36.7. The van der Waals surface area contributed by atoms with E-state index in [-0.39, 0.29) is 62.8 Å². The highest BCUT2D eigenvalue weighted by atomic mass is 16.8. The number of oxime groups is 1. The molecular formula is C60H66N4O11. The molecule has 9 rings (SSSR count). The summed E-state index contributed by atoms with van der Waals surface area (Å²) in [5, 5.41) is 41.6. The number of rotatable bonds is 22. The molecule has 2 amide bonds. The summed E-state index contributed by atoms with van der Waals surface area (Å²) in [6.07, 6.45) is 12.6. The predicted octanol–water partition coefficient (Wildman–Crippen LogP) is 10.9. The average Bonchev–Trinajstić information content (AvgIpc) is 3.53. The molecule has 2 heterocycles. The zero-order chi connectivity index (χ0) is 52.2. The molecule has 2 aliphatic carbocycles. The molecule has 5 aromatic rings. The van der Waals surface area contributed by atoms with Crippen molar-refractivity contribution in [1.29, 1.82) is 0 Å². The summed E-state index contributed by atoms with van der Waals surface area (Å²) in [7, 11) is 0. The van der Waals surface area contributed by atoms with Crippen LogP contribution in [0.5, 0.6) is 11.5 Å². The number of unbranched alkanes of at least 4 members (excludes halogenated alkanes) is 2. The lowest BCUT2D eigenvalue weighted by molar-refractivity contribution is -0.384. The molecule has 2 fully saturated rings. The van der Waals surface area contributed by atoms with Gasteiger partial charge in [0.1, 0.15) is 17.5 Å². The van der Waals surface area contributed by atoms with Crippen molar-refractivity contribution in [2.24, 2.45) is 22.9 Å². The summed E-state index contributed by atoms with van der Waals surface area (Å²) < 4.78 is 26.8. The molecule has 15 nitrogen and oxygen atoms in total. The van der Waals surface area contributed by atoms with Crippen LogP contribution in [0.15, 0.2) is 151 Å². The van der Waals surface area contributed by atoms with Crippen LogP contribution < -0.4 is 14.8 Å². The van der Waals surface area contributed by atoms with Gasteiger partial charge in [-0.2, -0.15) is 0 Å². The highest BCUT2D eigenvalue weighted by Crippen LogP contribution is 2.62. The lowest BCUT2D eigenvalue weighted by Crippen LogP contribution is -2.70. The molecule has 75 heavy (non-hydrogen) atoms. The van der Waals surface area contributed by atoms with Crippen LogP contribution in [0, 0.1) is 27.9 Å². The average molecular weight is 1020 g/mol. The maximum atomic E-state index is 15.6. The molecule has 0 bridgehead atoms.